The smallest absolute Gasteiger partial charge is 0.411 e. The highest BCUT2D eigenvalue weighted by atomic mass is 19.1. The molecule has 1 saturated heterocycles. The Labute approximate surface area is 223 Å². The van der Waals surface area contributed by atoms with E-state index in [4.69, 9.17) is 0 Å². The SMILES string of the molecule is COC(=O)Nc1cc2c(cc1F)[C@@]1(CC2)NC(=O)N(CC(=O)N2Cc3ccc(F)cc3CC[C@H]2C2CC2)C1=O. The average molecular weight is 539 g/mol. The normalized spacial score (nSPS) is 23.8. The molecule has 2 N–H and O–H groups in total. The lowest BCUT2D eigenvalue weighted by Crippen LogP contribution is -2.48. The molecular weight excluding hydrogens is 510 g/mol. The minimum atomic E-state index is -1.48. The summed E-state index contributed by atoms with van der Waals surface area (Å²) in [6.45, 7) is -0.152. The van der Waals surface area contributed by atoms with Crippen molar-refractivity contribution in [3.8, 4) is 0 Å². The van der Waals surface area contributed by atoms with Gasteiger partial charge in [0.2, 0.25) is 5.91 Å². The molecule has 204 valence electrons. The van der Waals surface area contributed by atoms with E-state index in [2.05, 4.69) is 15.4 Å². The van der Waals surface area contributed by atoms with Gasteiger partial charge in [-0.05, 0) is 91.0 Å². The summed E-state index contributed by atoms with van der Waals surface area (Å²) in [4.78, 5) is 54.6. The van der Waals surface area contributed by atoms with Crippen LogP contribution < -0.4 is 10.6 Å². The predicted molar refractivity (Wildman–Crippen MR) is 134 cm³/mol. The van der Waals surface area contributed by atoms with Gasteiger partial charge in [0.15, 0.2) is 0 Å². The monoisotopic (exact) mass is 538 g/mol. The molecule has 2 aliphatic carbocycles. The predicted octanol–water partition coefficient (Wildman–Crippen LogP) is 3.59. The highest BCUT2D eigenvalue weighted by Gasteiger charge is 2.56. The highest BCUT2D eigenvalue weighted by Crippen LogP contribution is 2.44. The van der Waals surface area contributed by atoms with Crippen LogP contribution in [0.5, 0.6) is 0 Å². The lowest BCUT2D eigenvalue weighted by molar-refractivity contribution is -0.141. The highest BCUT2D eigenvalue weighted by molar-refractivity contribution is 6.10. The van der Waals surface area contributed by atoms with Crippen molar-refractivity contribution in [1.82, 2.24) is 15.1 Å². The van der Waals surface area contributed by atoms with Crippen LogP contribution in [-0.4, -0.2) is 53.4 Å². The summed E-state index contributed by atoms with van der Waals surface area (Å²) in [6.07, 6.45) is 3.07. The molecule has 1 saturated carbocycles. The van der Waals surface area contributed by atoms with E-state index >= 15 is 0 Å². The van der Waals surface area contributed by atoms with Crippen molar-refractivity contribution in [1.29, 1.82) is 0 Å². The molecule has 2 aromatic rings. The summed E-state index contributed by atoms with van der Waals surface area (Å²) in [5.74, 6) is -1.70. The molecule has 11 heteroatoms. The van der Waals surface area contributed by atoms with Crippen LogP contribution in [0.15, 0.2) is 30.3 Å². The van der Waals surface area contributed by atoms with Gasteiger partial charge in [0.05, 0.1) is 12.8 Å². The van der Waals surface area contributed by atoms with E-state index in [0.29, 0.717) is 36.3 Å². The second-order valence-corrected chi connectivity index (χ2v) is 10.7. The molecule has 5 amide bonds. The summed E-state index contributed by atoms with van der Waals surface area (Å²) in [6, 6.07) is 6.39. The number of urea groups is 1. The van der Waals surface area contributed by atoms with Crippen molar-refractivity contribution in [3.63, 3.8) is 0 Å². The van der Waals surface area contributed by atoms with Gasteiger partial charge in [0, 0.05) is 12.6 Å². The lowest BCUT2D eigenvalue weighted by atomic mass is 9.91. The number of halogens is 2. The number of methoxy groups -OCH3 is 1. The van der Waals surface area contributed by atoms with Crippen LogP contribution in [0.3, 0.4) is 0 Å². The second kappa shape index (κ2) is 9.32. The Morgan fingerprint density at radius 3 is 2.62 bits per heavy atom. The van der Waals surface area contributed by atoms with E-state index in [1.54, 1.807) is 11.0 Å². The van der Waals surface area contributed by atoms with Crippen molar-refractivity contribution < 1.29 is 32.7 Å². The average Bonchev–Trinajstić information content (AvgIpc) is 3.68. The van der Waals surface area contributed by atoms with E-state index in [-0.39, 0.29) is 36.4 Å². The Bertz CT molecular complexity index is 1410. The Morgan fingerprint density at radius 1 is 1.08 bits per heavy atom. The maximum absolute atomic E-state index is 14.9. The van der Waals surface area contributed by atoms with Crippen molar-refractivity contribution in [2.24, 2.45) is 5.92 Å². The topological polar surface area (TPSA) is 108 Å². The van der Waals surface area contributed by atoms with Crippen molar-refractivity contribution in [3.05, 3.63) is 64.2 Å². The molecule has 1 spiro atoms. The van der Waals surface area contributed by atoms with Gasteiger partial charge in [-0.2, -0.15) is 0 Å². The Morgan fingerprint density at radius 2 is 1.87 bits per heavy atom. The number of carbonyl (C=O) groups excluding carboxylic acids is 4. The molecule has 2 atom stereocenters. The Hall–Kier alpha value is -4.02. The molecule has 39 heavy (non-hydrogen) atoms. The molecule has 0 unspecified atom stereocenters. The summed E-state index contributed by atoms with van der Waals surface area (Å²) in [5.41, 5.74) is 1.08. The number of rotatable bonds is 4. The molecule has 2 fully saturated rings. The van der Waals surface area contributed by atoms with Gasteiger partial charge < -0.3 is 15.0 Å². The minimum absolute atomic E-state index is 0.0512. The van der Waals surface area contributed by atoms with Crippen LogP contribution in [0.1, 0.15) is 47.9 Å². The van der Waals surface area contributed by atoms with Gasteiger partial charge in [-0.1, -0.05) is 6.07 Å². The quantitative estimate of drug-likeness (QED) is 0.579. The molecule has 2 aromatic carbocycles. The third-order valence-electron chi connectivity index (χ3n) is 8.42. The third-order valence-corrected chi connectivity index (χ3v) is 8.42. The van der Waals surface area contributed by atoms with Gasteiger partial charge in [-0.25, -0.2) is 18.4 Å². The summed E-state index contributed by atoms with van der Waals surface area (Å²) in [5, 5.41) is 5.02. The number of nitrogens with one attached hydrogen (secondary N) is 2. The van der Waals surface area contributed by atoms with E-state index < -0.39 is 35.9 Å². The first kappa shape index (κ1) is 25.3. The number of fused-ring (bicyclic) bond motifs is 3. The second-order valence-electron chi connectivity index (χ2n) is 10.7. The molecular formula is C28H28F2N4O5. The van der Waals surface area contributed by atoms with Crippen LogP contribution in [0, 0.1) is 17.6 Å². The van der Waals surface area contributed by atoms with Crippen molar-refractivity contribution >= 4 is 29.6 Å². The molecule has 0 bridgehead atoms. The zero-order valence-electron chi connectivity index (χ0n) is 21.4. The van der Waals surface area contributed by atoms with E-state index in [1.165, 1.54) is 18.2 Å². The number of nitrogens with zero attached hydrogens (tertiary/aromatic N) is 2. The molecule has 2 aliphatic heterocycles. The Balaban J connectivity index is 1.24. The standard InChI is InChI=1S/C28H28F2N4O5/c1-39-27(38)31-22-11-17-8-9-28(20(17)12-21(22)30)25(36)34(26(37)32-28)14-24(35)33-13-18-4-6-19(29)10-16(18)5-7-23(33)15-2-3-15/h4,6,10-12,15,23H,2-3,5,7-9,13-14H2,1H3,(H,31,38)(H,32,37)/t23-,28+/m0/s1. The van der Waals surface area contributed by atoms with Crippen LogP contribution in [0.2, 0.25) is 0 Å². The third kappa shape index (κ3) is 4.29. The molecule has 0 aromatic heterocycles. The van der Waals surface area contributed by atoms with E-state index in [1.807, 2.05) is 0 Å². The van der Waals surface area contributed by atoms with Crippen LogP contribution in [-0.2, 0) is 39.3 Å². The largest absolute Gasteiger partial charge is 0.453 e. The number of ether oxygens (including phenoxy) is 1. The van der Waals surface area contributed by atoms with Crippen molar-refractivity contribution in [2.75, 3.05) is 19.0 Å². The molecule has 4 aliphatic rings. The van der Waals surface area contributed by atoms with Crippen LogP contribution in [0.4, 0.5) is 24.1 Å². The fourth-order valence-electron chi connectivity index (χ4n) is 6.27. The number of carbonyl (C=O) groups is 4. The first-order valence-corrected chi connectivity index (χ1v) is 13.1. The number of amides is 5. The zero-order valence-corrected chi connectivity index (χ0v) is 21.4. The molecule has 9 nitrogen and oxygen atoms in total. The summed E-state index contributed by atoms with van der Waals surface area (Å²) < 4.78 is 33.3. The minimum Gasteiger partial charge on any atom is -0.453 e. The van der Waals surface area contributed by atoms with Crippen LogP contribution >= 0.6 is 0 Å². The maximum Gasteiger partial charge on any atom is 0.411 e. The number of hydrogen-bond donors (Lipinski definition) is 2. The number of aryl methyl sites for hydroxylation is 2. The number of imide groups is 1. The van der Waals surface area contributed by atoms with Gasteiger partial charge in [-0.3, -0.25) is 19.8 Å². The van der Waals surface area contributed by atoms with Gasteiger partial charge in [0.1, 0.15) is 23.7 Å². The fraction of sp³-hybridized carbons (Fsp3) is 0.429. The van der Waals surface area contributed by atoms with Gasteiger partial charge in [0.25, 0.3) is 5.91 Å². The van der Waals surface area contributed by atoms with E-state index in [0.717, 1.165) is 42.0 Å². The zero-order chi connectivity index (χ0) is 27.5. The number of hydrogen-bond acceptors (Lipinski definition) is 5. The lowest BCUT2D eigenvalue weighted by Gasteiger charge is -2.31. The van der Waals surface area contributed by atoms with Gasteiger partial charge in [-0.15, -0.1) is 0 Å². The van der Waals surface area contributed by atoms with Crippen LogP contribution in [0.25, 0.3) is 0 Å². The number of anilines is 1. The summed E-state index contributed by atoms with van der Waals surface area (Å²) in [7, 11) is 1.16. The molecule has 0 radical (unpaired) electrons. The Kier molecular flexibility index (Phi) is 6.04. The first-order chi connectivity index (χ1) is 18.7. The summed E-state index contributed by atoms with van der Waals surface area (Å²) >= 11 is 0. The first-order valence-electron chi connectivity index (χ1n) is 13.1. The van der Waals surface area contributed by atoms with E-state index in [9.17, 15) is 28.0 Å². The maximum atomic E-state index is 14.9. The number of benzene rings is 2. The fourth-order valence-corrected chi connectivity index (χ4v) is 6.27. The van der Waals surface area contributed by atoms with Gasteiger partial charge >= 0.3 is 12.1 Å². The molecule has 2 heterocycles. The van der Waals surface area contributed by atoms with Crippen molar-refractivity contribution in [2.45, 2.75) is 56.7 Å². The molecule has 6 rings (SSSR count).